The van der Waals surface area contributed by atoms with Gasteiger partial charge in [-0.1, -0.05) is 0 Å². The van der Waals surface area contributed by atoms with Crippen LogP contribution in [0.4, 0.5) is 0 Å². The Balaban J connectivity index is 0.0000142. The van der Waals surface area contributed by atoms with E-state index in [9.17, 15) is 132 Å². The normalized spacial score (nSPS) is 49.4. The second kappa shape index (κ2) is 39.2. The first-order valence-corrected chi connectivity index (χ1v) is 35.4. The van der Waals surface area contributed by atoms with Crippen LogP contribution in [0, 0.1) is 0 Å². The van der Waals surface area contributed by atoms with Crippen molar-refractivity contribution in [3.63, 3.8) is 0 Å². The van der Waals surface area contributed by atoms with Crippen molar-refractivity contribution in [3.8, 4) is 0 Å². The molecule has 10 heterocycles. The molecule has 642 valence electrons. The van der Waals surface area contributed by atoms with E-state index >= 15 is 0 Å². The molecule has 10 aliphatic rings. The standard InChI is InChI=1S/C62H102N4O44.H2O/c1-14-27(63-15(2)74)35(82)46(22(9-70)94-14)102-54-28(64-16(3)75)36(83)49(25(12-73)98-54)105-59-45(92)50(106-61-52(41(88)33(80)21(8-69)97-61)108-56-30(66-18(5)77)38(85)48(24(11-72)100-56)104-58-44(91)42(89)53-62(109-53)110-58)34(81)26(101-59)13-93-60-51(40(87)32(79)20(7-68)96-60)107-55-29(65-17(4)76)37(84)47(23(10-71)99-55)103-57-43(90)39(86)31(78)19(6-67)95-57;/h14,19-62,67-73,78-92H,6-13H2,1-5H3,(H,63,74)(H,64,75)(H,65,76)(H,66,77);1H2/t14-,19?,20?,21?,22?,23-,24?,25?,26?,27?,28?,29?,30?,31-,32+,33+,34+,35+,36+,37?,38+,39-,40-,41?,42+,43?,44?,45?,46+,47+,48+,49+,50-,51?,52?,53+,54-,55-,56-,57-,58+,59-,60-,61+,62?;/m0./s1. The molecule has 19 unspecified atom stereocenters. The summed E-state index contributed by atoms with van der Waals surface area (Å²) in [4.78, 5) is 51.0. The van der Waals surface area contributed by atoms with Gasteiger partial charge in [0.1, 0.15) is 207 Å². The molecule has 0 aliphatic carbocycles. The van der Waals surface area contributed by atoms with Crippen LogP contribution >= 0.6 is 0 Å². The topological polar surface area (TPSA) is 762 Å². The highest BCUT2D eigenvalue weighted by atomic mass is 16.8. The average Bonchev–Trinajstić information content (AvgIpc) is 1.72. The molecular weight excluding hydrogens is 1520 g/mol. The highest BCUT2D eigenvalue weighted by Gasteiger charge is 2.62. The van der Waals surface area contributed by atoms with Crippen LogP contribution in [0.25, 0.3) is 0 Å². The Morgan fingerprint density at radius 1 is 0.270 bits per heavy atom. The van der Waals surface area contributed by atoms with Crippen LogP contribution in [0.1, 0.15) is 34.6 Å². The second-order valence-corrected chi connectivity index (χ2v) is 28.2. The Morgan fingerprint density at radius 2 is 0.568 bits per heavy atom. The van der Waals surface area contributed by atoms with Crippen molar-refractivity contribution in [2.24, 2.45) is 0 Å². The van der Waals surface area contributed by atoms with Crippen LogP contribution in [-0.4, -0.2) is 470 Å². The lowest BCUT2D eigenvalue weighted by Gasteiger charge is -2.51. The highest BCUT2D eigenvalue weighted by Crippen LogP contribution is 2.42. The Kier molecular flexibility index (Phi) is 32.2. The third-order valence-electron chi connectivity index (χ3n) is 20.5. The van der Waals surface area contributed by atoms with Gasteiger partial charge in [-0.05, 0) is 6.92 Å². The SMILES string of the molecule is CC(=O)NC1C(O)[C@H](O[C@@H]2OC(CO)[C@H](O)[C@H](O)C2O)[C@H](CO)O[C@H]1OC1[C@@H](OCC2O[C@@H](O[C@@H]3C(CO)O[C@@H](O[C@@H]4C(CO)O[C@@H](C)C(NC(C)=O)[C@H]4O)C(NC(C)=O)[C@H]3O)C(O)[C@@H](O[C@H]3OC(CO)[C@@H](O)C(O)C3O[C@@H]3OC(CO)[C@@H](O[C@@H]4OC5O[C@@H]5[C@H](O)C4O)[C@H](O)C3NC(C)=O)[C@@H]2O)OC(CO)[C@@H](O)[C@@H]1O.O. The molecule has 49 heteroatoms. The Bertz CT molecular complexity index is 2970. The van der Waals surface area contributed by atoms with E-state index in [4.69, 9.17) is 85.3 Å². The number of carbonyl (C=O) groups excluding carboxylic acids is 4. The predicted molar refractivity (Wildman–Crippen MR) is 342 cm³/mol. The summed E-state index contributed by atoms with van der Waals surface area (Å²) in [5, 5.41) is 256. The van der Waals surface area contributed by atoms with E-state index in [1.807, 2.05) is 0 Å². The summed E-state index contributed by atoms with van der Waals surface area (Å²) in [5.74, 6) is -3.32. The Labute approximate surface area is 629 Å². The number of rotatable bonds is 28. The molecule has 0 saturated carbocycles. The maximum absolute atomic E-state index is 13.0. The number of nitrogens with one attached hydrogen (secondary N) is 4. The first-order chi connectivity index (χ1) is 52.1. The van der Waals surface area contributed by atoms with E-state index in [1.54, 1.807) is 0 Å². The first-order valence-electron chi connectivity index (χ1n) is 35.4. The Hall–Kier alpha value is -3.76. The molecule has 0 aromatic rings. The van der Waals surface area contributed by atoms with Gasteiger partial charge in [0.15, 0.2) is 56.6 Å². The van der Waals surface area contributed by atoms with Crippen LogP contribution in [0.5, 0.6) is 0 Å². The van der Waals surface area contributed by atoms with Gasteiger partial charge in [0, 0.05) is 27.7 Å². The third-order valence-corrected chi connectivity index (χ3v) is 20.5. The zero-order valence-corrected chi connectivity index (χ0v) is 60.0. The van der Waals surface area contributed by atoms with Crippen molar-refractivity contribution < 1.29 is 222 Å². The van der Waals surface area contributed by atoms with Gasteiger partial charge >= 0.3 is 0 Å². The van der Waals surface area contributed by atoms with Crippen LogP contribution in [-0.2, 0) is 104 Å². The van der Waals surface area contributed by atoms with E-state index < -0.39 is 353 Å². The molecule has 0 aromatic heterocycles. The van der Waals surface area contributed by atoms with E-state index in [0.29, 0.717) is 0 Å². The number of aliphatic hydroxyl groups is 22. The third kappa shape index (κ3) is 19.8. The predicted octanol–water partition coefficient (Wildman–Crippen LogP) is -18.8. The van der Waals surface area contributed by atoms with Crippen LogP contribution in [0.2, 0.25) is 0 Å². The lowest BCUT2D eigenvalue weighted by molar-refractivity contribution is -0.398. The number of hydrogen-bond donors (Lipinski definition) is 26. The lowest BCUT2D eigenvalue weighted by Crippen LogP contribution is -2.70. The summed E-state index contributed by atoms with van der Waals surface area (Å²) in [6.45, 7) is -2.93. The van der Waals surface area contributed by atoms with Crippen LogP contribution in [0.3, 0.4) is 0 Å². The van der Waals surface area contributed by atoms with Crippen molar-refractivity contribution in [1.82, 2.24) is 21.3 Å². The van der Waals surface area contributed by atoms with Crippen molar-refractivity contribution in [2.45, 2.75) is 311 Å². The number of hydrogen-bond acceptors (Lipinski definition) is 44. The fourth-order valence-electron chi connectivity index (χ4n) is 14.7. The molecule has 45 atom stereocenters. The van der Waals surface area contributed by atoms with Gasteiger partial charge in [-0.2, -0.15) is 0 Å². The zero-order valence-electron chi connectivity index (χ0n) is 60.0. The van der Waals surface area contributed by atoms with Crippen molar-refractivity contribution >= 4 is 23.6 Å². The molecule has 10 fully saturated rings. The second-order valence-electron chi connectivity index (χ2n) is 28.2. The monoisotopic (exact) mass is 1620 g/mol. The molecule has 0 bridgehead atoms. The molecule has 49 nitrogen and oxygen atoms in total. The molecule has 0 radical (unpaired) electrons. The van der Waals surface area contributed by atoms with Gasteiger partial charge in [-0.15, -0.1) is 0 Å². The fourth-order valence-corrected chi connectivity index (χ4v) is 14.7. The fraction of sp³-hybridized carbons (Fsp3) is 0.935. The number of aliphatic hydroxyl groups excluding tert-OH is 22. The van der Waals surface area contributed by atoms with Gasteiger partial charge in [0.2, 0.25) is 23.6 Å². The largest absolute Gasteiger partial charge is 0.412 e. The summed E-state index contributed by atoms with van der Waals surface area (Å²) in [6.07, 6.45) is -79.4. The molecule has 4 amide bonds. The van der Waals surface area contributed by atoms with E-state index in [2.05, 4.69) is 21.3 Å². The number of epoxide rings is 1. The Morgan fingerprint density at radius 3 is 0.982 bits per heavy atom. The molecule has 111 heavy (non-hydrogen) atoms. The molecule has 0 spiro atoms. The van der Waals surface area contributed by atoms with Crippen molar-refractivity contribution in [2.75, 3.05) is 52.9 Å². The van der Waals surface area contributed by atoms with Gasteiger partial charge in [-0.25, -0.2) is 0 Å². The smallest absolute Gasteiger partial charge is 0.217 e. The maximum Gasteiger partial charge on any atom is 0.217 e. The van der Waals surface area contributed by atoms with Crippen LogP contribution in [0.15, 0.2) is 0 Å². The minimum absolute atomic E-state index is 0. The van der Waals surface area contributed by atoms with Crippen molar-refractivity contribution in [3.05, 3.63) is 0 Å². The number of amides is 4. The summed E-state index contributed by atoms with van der Waals surface area (Å²) >= 11 is 0. The number of fused-ring (bicyclic) bond motifs is 1. The summed E-state index contributed by atoms with van der Waals surface area (Å²) in [6, 6.07) is -6.77. The van der Waals surface area contributed by atoms with Crippen LogP contribution < -0.4 is 21.3 Å². The van der Waals surface area contributed by atoms with E-state index in [1.165, 1.54) is 6.92 Å². The quantitative estimate of drug-likeness (QED) is 0.0324. The minimum atomic E-state index is -2.52. The molecule has 10 aliphatic heterocycles. The first kappa shape index (κ1) is 91.1. The van der Waals surface area contributed by atoms with Gasteiger partial charge in [0.25, 0.3) is 0 Å². The van der Waals surface area contributed by atoms with E-state index in [-0.39, 0.29) is 5.48 Å². The number of carbonyl (C=O) groups is 4. The molecular formula is C62H104N4O45. The molecule has 0 aromatic carbocycles. The molecule has 28 N–H and O–H groups in total. The van der Waals surface area contributed by atoms with Gasteiger partial charge in [-0.3, -0.25) is 19.2 Å². The number of ether oxygens (including phenoxy) is 18. The van der Waals surface area contributed by atoms with E-state index in [0.717, 1.165) is 27.7 Å². The summed E-state index contributed by atoms with van der Waals surface area (Å²) in [5.41, 5.74) is 0. The van der Waals surface area contributed by atoms with Gasteiger partial charge < -0.3 is 224 Å². The highest BCUT2D eigenvalue weighted by molar-refractivity contribution is 5.74. The maximum atomic E-state index is 13.0. The molecule has 10 saturated heterocycles. The van der Waals surface area contributed by atoms with Crippen molar-refractivity contribution in [1.29, 1.82) is 0 Å². The lowest BCUT2D eigenvalue weighted by atomic mass is 9.92. The van der Waals surface area contributed by atoms with Gasteiger partial charge in [0.05, 0.1) is 65.0 Å². The average molecular weight is 1630 g/mol. The zero-order chi connectivity index (χ0) is 80.5. The minimum Gasteiger partial charge on any atom is -0.412 e. The summed E-state index contributed by atoms with van der Waals surface area (Å²) < 4.78 is 107. The molecule has 10 rings (SSSR count). The summed E-state index contributed by atoms with van der Waals surface area (Å²) in [7, 11) is 0.